The molecule has 1 saturated carbocycles. The minimum absolute atomic E-state index is 0.0904. The Hall–Kier alpha value is 0.210. The molecule has 2 fully saturated rings. The Morgan fingerprint density at radius 2 is 2.00 bits per heavy atom. The molecule has 2 nitrogen and oxygen atoms in total. The Morgan fingerprint density at radius 3 is 2.69 bits per heavy atom. The van der Waals surface area contributed by atoms with Gasteiger partial charge in [0.25, 0.3) is 0 Å². The van der Waals surface area contributed by atoms with Crippen molar-refractivity contribution in [3.8, 4) is 0 Å². The van der Waals surface area contributed by atoms with Crippen molar-refractivity contribution in [2.75, 3.05) is 25.6 Å². The highest BCUT2D eigenvalue weighted by molar-refractivity contribution is 6.18. The number of hydrogen-bond acceptors (Lipinski definition) is 2. The van der Waals surface area contributed by atoms with Crippen LogP contribution in [0.2, 0.25) is 0 Å². The second kappa shape index (κ2) is 4.16. The maximum Gasteiger partial charge on any atom is 0.121 e. The minimum atomic E-state index is 0.0904. The summed E-state index contributed by atoms with van der Waals surface area (Å²) in [5.74, 6) is 0.727. The molecule has 0 amide bonds. The van der Waals surface area contributed by atoms with Gasteiger partial charge in [0.05, 0.1) is 6.61 Å². The quantitative estimate of drug-likeness (QED) is 0.639. The van der Waals surface area contributed by atoms with Crippen LogP contribution in [0.3, 0.4) is 0 Å². The van der Waals surface area contributed by atoms with Gasteiger partial charge in [0.15, 0.2) is 0 Å². The monoisotopic (exact) mass is 203 g/mol. The number of hydrogen-bond donors (Lipinski definition) is 0. The highest BCUT2D eigenvalue weighted by atomic mass is 35.5. The predicted octanol–water partition coefficient (Wildman–Crippen LogP) is 2.22. The number of rotatable bonds is 2. The molecule has 0 N–H and O–H groups in total. The van der Waals surface area contributed by atoms with Crippen LogP contribution in [-0.4, -0.2) is 36.2 Å². The average Bonchev–Trinajstić information content (AvgIpc) is 2.52. The summed E-state index contributed by atoms with van der Waals surface area (Å²) in [6.45, 7) is 2.96. The molecule has 1 heterocycles. The third-order valence-corrected chi connectivity index (χ3v) is 3.47. The van der Waals surface area contributed by atoms with E-state index < -0.39 is 0 Å². The second-order valence-corrected chi connectivity index (χ2v) is 4.41. The van der Waals surface area contributed by atoms with Crippen LogP contribution >= 0.6 is 11.6 Å². The first kappa shape index (κ1) is 9.75. The third-order valence-electron chi connectivity index (χ3n) is 3.30. The molecular weight excluding hydrogens is 186 g/mol. The SMILES string of the molecule is ClCCN1CCOC12CCCCC2. The molecule has 1 spiro atoms. The van der Waals surface area contributed by atoms with Crippen molar-refractivity contribution >= 4 is 11.6 Å². The summed E-state index contributed by atoms with van der Waals surface area (Å²) in [5, 5.41) is 0. The van der Waals surface area contributed by atoms with Gasteiger partial charge >= 0.3 is 0 Å². The molecular formula is C10H18ClNO. The van der Waals surface area contributed by atoms with Gasteiger partial charge < -0.3 is 4.74 Å². The zero-order chi connectivity index (χ0) is 9.15. The number of nitrogens with zero attached hydrogens (tertiary/aromatic N) is 1. The van der Waals surface area contributed by atoms with E-state index in [2.05, 4.69) is 4.90 Å². The molecule has 0 bridgehead atoms. The molecule has 0 aromatic rings. The molecule has 1 aliphatic carbocycles. The maximum atomic E-state index is 5.91. The van der Waals surface area contributed by atoms with Crippen molar-refractivity contribution in [2.45, 2.75) is 37.8 Å². The molecule has 0 aromatic heterocycles. The molecule has 0 radical (unpaired) electrons. The van der Waals surface area contributed by atoms with E-state index in [0.717, 1.165) is 25.6 Å². The van der Waals surface area contributed by atoms with Crippen molar-refractivity contribution in [3.63, 3.8) is 0 Å². The molecule has 0 unspecified atom stereocenters. The minimum Gasteiger partial charge on any atom is -0.359 e. The second-order valence-electron chi connectivity index (χ2n) is 4.03. The summed E-state index contributed by atoms with van der Waals surface area (Å²) < 4.78 is 5.91. The Labute approximate surface area is 85.2 Å². The van der Waals surface area contributed by atoms with Crippen molar-refractivity contribution in [2.24, 2.45) is 0 Å². The van der Waals surface area contributed by atoms with Crippen molar-refractivity contribution in [3.05, 3.63) is 0 Å². The lowest BCUT2D eigenvalue weighted by Crippen LogP contribution is -2.47. The van der Waals surface area contributed by atoms with Gasteiger partial charge in [-0.1, -0.05) is 6.42 Å². The lowest BCUT2D eigenvalue weighted by Gasteiger charge is -2.39. The zero-order valence-electron chi connectivity index (χ0n) is 8.10. The van der Waals surface area contributed by atoms with E-state index in [9.17, 15) is 0 Å². The van der Waals surface area contributed by atoms with Gasteiger partial charge in [-0.05, 0) is 25.7 Å². The van der Waals surface area contributed by atoms with Crippen LogP contribution in [0.15, 0.2) is 0 Å². The molecule has 76 valence electrons. The standard InChI is InChI=1S/C10H18ClNO/c11-6-7-12-8-9-13-10(12)4-2-1-3-5-10/h1-9H2. The molecule has 1 saturated heterocycles. The van der Waals surface area contributed by atoms with Crippen molar-refractivity contribution in [1.29, 1.82) is 0 Å². The summed E-state index contributed by atoms with van der Waals surface area (Å²) in [6.07, 6.45) is 6.44. The van der Waals surface area contributed by atoms with Crippen LogP contribution < -0.4 is 0 Å². The van der Waals surface area contributed by atoms with Crippen LogP contribution in [0.1, 0.15) is 32.1 Å². The van der Waals surface area contributed by atoms with Gasteiger partial charge in [0.1, 0.15) is 5.72 Å². The molecule has 3 heteroatoms. The first-order valence-corrected chi connectivity index (χ1v) is 5.86. The molecule has 13 heavy (non-hydrogen) atoms. The molecule has 0 aromatic carbocycles. The van der Waals surface area contributed by atoms with Gasteiger partial charge in [-0.25, -0.2) is 0 Å². The highest BCUT2D eigenvalue weighted by Gasteiger charge is 2.42. The number of alkyl halides is 1. The lowest BCUT2D eigenvalue weighted by atomic mass is 9.91. The maximum absolute atomic E-state index is 5.91. The Balaban J connectivity index is 2.00. The van der Waals surface area contributed by atoms with Gasteiger partial charge in [0, 0.05) is 19.0 Å². The molecule has 2 aliphatic rings. The summed E-state index contributed by atoms with van der Waals surface area (Å²) >= 11 is 5.79. The fourth-order valence-corrected chi connectivity index (χ4v) is 2.83. The fourth-order valence-electron chi connectivity index (χ4n) is 2.62. The number of ether oxygens (including phenoxy) is 1. The van der Waals surface area contributed by atoms with Crippen LogP contribution in [0.5, 0.6) is 0 Å². The van der Waals surface area contributed by atoms with E-state index in [1.165, 1.54) is 32.1 Å². The van der Waals surface area contributed by atoms with E-state index in [1.807, 2.05) is 0 Å². The summed E-state index contributed by atoms with van der Waals surface area (Å²) in [7, 11) is 0. The van der Waals surface area contributed by atoms with Crippen molar-refractivity contribution < 1.29 is 4.74 Å². The normalized spacial score (nSPS) is 28.4. The highest BCUT2D eigenvalue weighted by Crippen LogP contribution is 2.37. The third kappa shape index (κ3) is 1.85. The fraction of sp³-hybridized carbons (Fsp3) is 1.00. The first-order valence-electron chi connectivity index (χ1n) is 5.32. The zero-order valence-corrected chi connectivity index (χ0v) is 8.85. The molecule has 2 rings (SSSR count). The van der Waals surface area contributed by atoms with Crippen LogP contribution in [0, 0.1) is 0 Å². The van der Waals surface area contributed by atoms with Crippen LogP contribution in [0.4, 0.5) is 0 Å². The van der Waals surface area contributed by atoms with Crippen LogP contribution in [0.25, 0.3) is 0 Å². The van der Waals surface area contributed by atoms with E-state index in [-0.39, 0.29) is 5.72 Å². The smallest absolute Gasteiger partial charge is 0.121 e. The van der Waals surface area contributed by atoms with E-state index in [4.69, 9.17) is 16.3 Å². The summed E-state index contributed by atoms with van der Waals surface area (Å²) in [5.41, 5.74) is 0.0904. The predicted molar refractivity (Wildman–Crippen MR) is 54.1 cm³/mol. The Bertz CT molecular complexity index is 168. The number of halogens is 1. The lowest BCUT2D eigenvalue weighted by molar-refractivity contribution is -0.105. The van der Waals surface area contributed by atoms with E-state index in [1.54, 1.807) is 0 Å². The Kier molecular flexibility index (Phi) is 3.12. The average molecular weight is 204 g/mol. The largest absolute Gasteiger partial charge is 0.359 e. The topological polar surface area (TPSA) is 12.5 Å². The van der Waals surface area contributed by atoms with Gasteiger partial charge in [0.2, 0.25) is 0 Å². The summed E-state index contributed by atoms with van der Waals surface area (Å²) in [4.78, 5) is 2.44. The molecule has 0 atom stereocenters. The van der Waals surface area contributed by atoms with Crippen molar-refractivity contribution in [1.82, 2.24) is 4.90 Å². The van der Waals surface area contributed by atoms with Gasteiger partial charge in [-0.3, -0.25) is 4.90 Å². The molecule has 1 aliphatic heterocycles. The first-order chi connectivity index (χ1) is 6.37. The Morgan fingerprint density at radius 1 is 1.23 bits per heavy atom. The van der Waals surface area contributed by atoms with E-state index >= 15 is 0 Å². The van der Waals surface area contributed by atoms with Gasteiger partial charge in [-0.15, -0.1) is 11.6 Å². The summed E-state index contributed by atoms with van der Waals surface area (Å²) in [6, 6.07) is 0. The van der Waals surface area contributed by atoms with E-state index in [0.29, 0.717) is 0 Å². The van der Waals surface area contributed by atoms with Gasteiger partial charge in [-0.2, -0.15) is 0 Å². The van der Waals surface area contributed by atoms with Crippen LogP contribution in [-0.2, 0) is 4.74 Å².